The van der Waals surface area contributed by atoms with Crippen molar-refractivity contribution in [2.75, 3.05) is 11.9 Å². The van der Waals surface area contributed by atoms with Gasteiger partial charge in [-0.2, -0.15) is 0 Å². The Hall–Kier alpha value is -3.22. The second-order valence-electron chi connectivity index (χ2n) is 5.46. The zero-order chi connectivity index (χ0) is 19.1. The number of nitrogens with one attached hydrogen (secondary N) is 1. The van der Waals surface area contributed by atoms with Gasteiger partial charge >= 0.3 is 5.97 Å². The van der Waals surface area contributed by atoms with E-state index < -0.39 is 18.0 Å². The van der Waals surface area contributed by atoms with Crippen LogP contribution in [0.25, 0.3) is 0 Å². The number of ketones is 1. The Morgan fingerprint density at radius 1 is 1.19 bits per heavy atom. The molecule has 0 bridgehead atoms. The summed E-state index contributed by atoms with van der Waals surface area (Å²) in [7, 11) is 0. The van der Waals surface area contributed by atoms with Crippen LogP contribution in [-0.2, 0) is 9.53 Å². The van der Waals surface area contributed by atoms with Crippen LogP contribution in [0.15, 0.2) is 42.6 Å². The quantitative estimate of drug-likeness (QED) is 0.605. The molecule has 1 aromatic carbocycles. The van der Waals surface area contributed by atoms with E-state index in [0.717, 1.165) is 0 Å². The summed E-state index contributed by atoms with van der Waals surface area (Å²) in [5.74, 6) is -1.18. The molecule has 136 valence electrons. The van der Waals surface area contributed by atoms with Gasteiger partial charge in [0.2, 0.25) is 5.88 Å². The summed E-state index contributed by atoms with van der Waals surface area (Å²) >= 11 is 0. The maximum absolute atomic E-state index is 12.3. The normalized spacial score (nSPS) is 11.3. The van der Waals surface area contributed by atoms with E-state index in [9.17, 15) is 14.4 Å². The summed E-state index contributed by atoms with van der Waals surface area (Å²) in [6.45, 7) is 5.02. The first kappa shape index (κ1) is 19.1. The molecule has 0 aliphatic carbocycles. The number of hydrogen-bond donors (Lipinski definition) is 1. The fraction of sp³-hybridized carbons (Fsp3) is 0.263. The molecular formula is C19H20N2O5. The minimum absolute atomic E-state index is 0.111. The minimum Gasteiger partial charge on any atom is -0.477 e. The Kier molecular flexibility index (Phi) is 6.43. The number of benzene rings is 1. The first-order valence-corrected chi connectivity index (χ1v) is 8.13. The Bertz CT molecular complexity index is 819. The van der Waals surface area contributed by atoms with E-state index in [4.69, 9.17) is 9.47 Å². The summed E-state index contributed by atoms with van der Waals surface area (Å²) in [6, 6.07) is 9.61. The summed E-state index contributed by atoms with van der Waals surface area (Å²) < 4.78 is 10.5. The molecule has 26 heavy (non-hydrogen) atoms. The molecule has 0 radical (unpaired) electrons. The molecule has 1 aromatic heterocycles. The molecule has 7 heteroatoms. The summed E-state index contributed by atoms with van der Waals surface area (Å²) in [5, 5.41) is 2.62. The molecule has 0 fully saturated rings. The third-order valence-corrected chi connectivity index (χ3v) is 3.46. The number of aromatic nitrogens is 1. The average molecular weight is 356 g/mol. The standard InChI is InChI=1S/C19H20N2O5/c1-4-25-18-16(9-6-10-20-18)19(24)26-13(3)17(23)21-15-8-5-7-14(11-15)12(2)22/h5-11,13H,4H2,1-3H3,(H,21,23)/t13-/m1/s1. The zero-order valence-corrected chi connectivity index (χ0v) is 14.8. The maximum Gasteiger partial charge on any atom is 0.344 e. The van der Waals surface area contributed by atoms with Crippen LogP contribution >= 0.6 is 0 Å². The molecular weight excluding hydrogens is 336 g/mol. The first-order valence-electron chi connectivity index (χ1n) is 8.13. The molecule has 0 saturated heterocycles. The molecule has 1 atom stereocenters. The highest BCUT2D eigenvalue weighted by molar-refractivity contribution is 5.99. The topological polar surface area (TPSA) is 94.6 Å². The number of nitrogens with zero attached hydrogens (tertiary/aromatic N) is 1. The lowest BCUT2D eigenvalue weighted by Crippen LogP contribution is -2.30. The number of hydrogen-bond acceptors (Lipinski definition) is 6. The number of anilines is 1. The fourth-order valence-electron chi connectivity index (χ4n) is 2.14. The molecule has 2 rings (SSSR count). The fourth-order valence-corrected chi connectivity index (χ4v) is 2.14. The van der Waals surface area contributed by atoms with Crippen molar-refractivity contribution in [2.24, 2.45) is 0 Å². The van der Waals surface area contributed by atoms with Gasteiger partial charge in [0.15, 0.2) is 11.9 Å². The molecule has 1 heterocycles. The van der Waals surface area contributed by atoms with Crippen LogP contribution in [0.3, 0.4) is 0 Å². The molecule has 0 saturated carbocycles. The van der Waals surface area contributed by atoms with Gasteiger partial charge in [0.25, 0.3) is 5.91 Å². The SMILES string of the molecule is CCOc1ncccc1C(=O)O[C@H](C)C(=O)Nc1cccc(C(C)=O)c1. The lowest BCUT2D eigenvalue weighted by Gasteiger charge is -2.15. The highest BCUT2D eigenvalue weighted by atomic mass is 16.5. The molecule has 0 aliphatic heterocycles. The third kappa shape index (κ3) is 4.89. The number of esters is 1. The Morgan fingerprint density at radius 3 is 2.65 bits per heavy atom. The highest BCUT2D eigenvalue weighted by Crippen LogP contribution is 2.17. The molecule has 2 aromatic rings. The van der Waals surface area contributed by atoms with Crippen molar-refractivity contribution >= 4 is 23.3 Å². The second kappa shape index (κ2) is 8.75. The van der Waals surface area contributed by atoms with Crippen molar-refractivity contribution in [1.29, 1.82) is 0 Å². The van der Waals surface area contributed by atoms with Crippen LogP contribution in [0.4, 0.5) is 5.69 Å². The zero-order valence-electron chi connectivity index (χ0n) is 14.8. The Balaban J connectivity index is 2.04. The van der Waals surface area contributed by atoms with Gasteiger partial charge in [0.1, 0.15) is 5.56 Å². The largest absolute Gasteiger partial charge is 0.477 e. The second-order valence-corrected chi connectivity index (χ2v) is 5.46. The molecule has 0 aliphatic rings. The van der Waals surface area contributed by atoms with Crippen LogP contribution in [0.2, 0.25) is 0 Å². The van der Waals surface area contributed by atoms with E-state index in [0.29, 0.717) is 17.9 Å². The lowest BCUT2D eigenvalue weighted by molar-refractivity contribution is -0.123. The minimum atomic E-state index is -1.04. The van der Waals surface area contributed by atoms with Gasteiger partial charge in [0, 0.05) is 17.4 Å². The number of carbonyl (C=O) groups is 3. The summed E-state index contributed by atoms with van der Waals surface area (Å²) in [6.07, 6.45) is 0.457. The van der Waals surface area contributed by atoms with E-state index in [1.807, 2.05) is 0 Å². The number of Topliss-reactive ketones (excluding diaryl/α,β-unsaturated/α-hetero) is 1. The predicted molar refractivity (Wildman–Crippen MR) is 95.4 cm³/mol. The van der Waals surface area contributed by atoms with E-state index >= 15 is 0 Å². The van der Waals surface area contributed by atoms with Crippen molar-refractivity contribution in [2.45, 2.75) is 26.9 Å². The van der Waals surface area contributed by atoms with Gasteiger partial charge in [-0.3, -0.25) is 9.59 Å². The van der Waals surface area contributed by atoms with Gasteiger partial charge in [-0.05, 0) is 45.0 Å². The highest BCUT2D eigenvalue weighted by Gasteiger charge is 2.22. The summed E-state index contributed by atoms with van der Waals surface area (Å²) in [4.78, 5) is 39.9. The smallest absolute Gasteiger partial charge is 0.344 e. The van der Waals surface area contributed by atoms with Gasteiger partial charge in [-0.1, -0.05) is 12.1 Å². The molecule has 1 N–H and O–H groups in total. The van der Waals surface area contributed by atoms with Crippen LogP contribution in [0, 0.1) is 0 Å². The monoisotopic (exact) mass is 356 g/mol. The Morgan fingerprint density at radius 2 is 1.96 bits per heavy atom. The molecule has 1 amide bonds. The van der Waals surface area contributed by atoms with Crippen LogP contribution < -0.4 is 10.1 Å². The number of carbonyl (C=O) groups excluding carboxylic acids is 3. The lowest BCUT2D eigenvalue weighted by atomic mass is 10.1. The number of pyridine rings is 1. The molecule has 0 spiro atoms. The van der Waals surface area contributed by atoms with Gasteiger partial charge in [0.05, 0.1) is 6.61 Å². The van der Waals surface area contributed by atoms with Crippen LogP contribution in [0.1, 0.15) is 41.5 Å². The van der Waals surface area contributed by atoms with E-state index in [1.165, 1.54) is 26.1 Å². The average Bonchev–Trinajstić information content (AvgIpc) is 2.62. The van der Waals surface area contributed by atoms with Crippen molar-refractivity contribution in [3.05, 3.63) is 53.7 Å². The van der Waals surface area contributed by atoms with Crippen molar-refractivity contribution in [3.8, 4) is 5.88 Å². The van der Waals surface area contributed by atoms with Crippen molar-refractivity contribution < 1.29 is 23.9 Å². The van der Waals surface area contributed by atoms with Gasteiger partial charge in [-0.25, -0.2) is 9.78 Å². The molecule has 0 unspecified atom stereocenters. The van der Waals surface area contributed by atoms with Crippen LogP contribution in [0.5, 0.6) is 5.88 Å². The number of amides is 1. The Labute approximate surface area is 151 Å². The third-order valence-electron chi connectivity index (χ3n) is 3.46. The predicted octanol–water partition coefficient (Wildman–Crippen LogP) is 2.87. The van der Waals surface area contributed by atoms with Gasteiger partial charge < -0.3 is 14.8 Å². The van der Waals surface area contributed by atoms with Crippen LogP contribution in [-0.4, -0.2) is 35.4 Å². The number of ether oxygens (including phenoxy) is 2. The molecule has 7 nitrogen and oxygen atoms in total. The maximum atomic E-state index is 12.3. The first-order chi connectivity index (χ1) is 12.4. The number of rotatable bonds is 7. The summed E-state index contributed by atoms with van der Waals surface area (Å²) in [5.41, 5.74) is 1.07. The van der Waals surface area contributed by atoms with E-state index in [-0.39, 0.29) is 17.2 Å². The van der Waals surface area contributed by atoms with Gasteiger partial charge in [-0.15, -0.1) is 0 Å². The van der Waals surface area contributed by atoms with E-state index in [2.05, 4.69) is 10.3 Å². The van der Waals surface area contributed by atoms with Crippen molar-refractivity contribution in [1.82, 2.24) is 4.98 Å². The van der Waals surface area contributed by atoms with E-state index in [1.54, 1.807) is 37.3 Å². The van der Waals surface area contributed by atoms with Crippen molar-refractivity contribution in [3.63, 3.8) is 0 Å².